The molecule has 0 amide bonds. The third kappa shape index (κ3) is 1.70. The molecule has 0 radical (unpaired) electrons. The molecule has 0 aliphatic heterocycles. The highest BCUT2D eigenvalue weighted by Gasteiger charge is 2.67. The summed E-state index contributed by atoms with van der Waals surface area (Å²) >= 11 is 1.86. The molecule has 3 rings (SSSR count). The molecule has 1 aliphatic rings. The molecule has 1 aromatic heterocycles. The molecule has 1 unspecified atom stereocenters. The second kappa shape index (κ2) is 4.07. The van der Waals surface area contributed by atoms with Crippen LogP contribution >= 0.6 is 11.3 Å². The van der Waals surface area contributed by atoms with Gasteiger partial charge in [-0.2, -0.15) is 0 Å². The largest absolute Gasteiger partial charge is 0.313 e. The molecule has 1 nitrogen and oxygen atoms in total. The van der Waals surface area contributed by atoms with Crippen molar-refractivity contribution in [1.29, 1.82) is 0 Å². The van der Waals surface area contributed by atoms with E-state index >= 15 is 0 Å². The van der Waals surface area contributed by atoms with Crippen LogP contribution in [0.15, 0.2) is 29.6 Å². The summed E-state index contributed by atoms with van der Waals surface area (Å²) < 4.78 is 1.40. The monoisotopic (exact) mass is 273 g/mol. The van der Waals surface area contributed by atoms with Crippen LogP contribution in [0.4, 0.5) is 0 Å². The number of rotatable bonds is 3. The summed E-state index contributed by atoms with van der Waals surface area (Å²) in [5.74, 6) is 0.697. The summed E-state index contributed by atoms with van der Waals surface area (Å²) in [6, 6.07) is 9.21. The van der Waals surface area contributed by atoms with E-state index in [-0.39, 0.29) is 0 Å². The van der Waals surface area contributed by atoms with E-state index in [1.807, 2.05) is 11.3 Å². The number of hydrogen-bond donors (Lipinski definition) is 1. The van der Waals surface area contributed by atoms with Crippen molar-refractivity contribution in [2.24, 2.45) is 16.7 Å². The van der Waals surface area contributed by atoms with E-state index in [0.717, 1.165) is 0 Å². The lowest BCUT2D eigenvalue weighted by molar-refractivity contribution is 0.441. The molecule has 2 heteroatoms. The van der Waals surface area contributed by atoms with Crippen molar-refractivity contribution < 1.29 is 0 Å². The average molecular weight is 273 g/mol. The number of hydrogen-bond acceptors (Lipinski definition) is 2. The maximum absolute atomic E-state index is 3.58. The van der Waals surface area contributed by atoms with Gasteiger partial charge in [0, 0.05) is 10.7 Å². The topological polar surface area (TPSA) is 12.0 Å². The van der Waals surface area contributed by atoms with E-state index in [4.69, 9.17) is 0 Å². The molecule has 0 spiro atoms. The van der Waals surface area contributed by atoms with Crippen molar-refractivity contribution in [3.63, 3.8) is 0 Å². The van der Waals surface area contributed by atoms with Gasteiger partial charge < -0.3 is 5.32 Å². The Bertz CT molecular complexity index is 595. The van der Waals surface area contributed by atoms with Crippen molar-refractivity contribution in [2.75, 3.05) is 7.05 Å². The highest BCUT2D eigenvalue weighted by molar-refractivity contribution is 7.17. The van der Waals surface area contributed by atoms with Gasteiger partial charge in [-0.05, 0) is 46.2 Å². The van der Waals surface area contributed by atoms with Crippen molar-refractivity contribution in [2.45, 2.75) is 33.7 Å². The fourth-order valence-electron chi connectivity index (χ4n) is 3.82. The van der Waals surface area contributed by atoms with E-state index in [0.29, 0.717) is 22.8 Å². The van der Waals surface area contributed by atoms with Gasteiger partial charge in [-0.1, -0.05) is 45.9 Å². The lowest BCUT2D eigenvalue weighted by atomic mass is 9.96. The smallest absolute Gasteiger partial charge is 0.0371 e. The second-order valence-electron chi connectivity index (χ2n) is 6.87. The van der Waals surface area contributed by atoms with Gasteiger partial charge in [-0.25, -0.2) is 0 Å². The first-order valence-corrected chi connectivity index (χ1v) is 7.92. The first-order valence-electron chi connectivity index (χ1n) is 7.04. The zero-order chi connectivity index (χ0) is 13.8. The molecule has 0 bridgehead atoms. The van der Waals surface area contributed by atoms with Crippen molar-refractivity contribution >= 4 is 21.4 Å². The summed E-state index contributed by atoms with van der Waals surface area (Å²) in [5, 5.41) is 7.34. The van der Waals surface area contributed by atoms with Crippen LogP contribution in [0, 0.1) is 16.7 Å². The van der Waals surface area contributed by atoms with E-state index in [2.05, 4.69) is 69.7 Å². The maximum atomic E-state index is 3.58. The van der Waals surface area contributed by atoms with Gasteiger partial charge in [-0.3, -0.25) is 0 Å². The molecular weight excluding hydrogens is 250 g/mol. The summed E-state index contributed by atoms with van der Waals surface area (Å²) in [5.41, 5.74) is 2.29. The summed E-state index contributed by atoms with van der Waals surface area (Å²) in [7, 11) is 2.10. The first kappa shape index (κ1) is 13.1. The Morgan fingerprint density at radius 1 is 1.11 bits per heavy atom. The van der Waals surface area contributed by atoms with Gasteiger partial charge in [0.25, 0.3) is 0 Å². The molecule has 1 aromatic carbocycles. The zero-order valence-corrected chi connectivity index (χ0v) is 13.3. The van der Waals surface area contributed by atoms with Crippen LogP contribution in [0.1, 0.15) is 39.3 Å². The van der Waals surface area contributed by atoms with E-state index in [1.54, 1.807) is 0 Å². The Balaban J connectivity index is 2.05. The normalized spacial score (nSPS) is 22.6. The van der Waals surface area contributed by atoms with E-state index in [9.17, 15) is 0 Å². The van der Waals surface area contributed by atoms with Crippen LogP contribution in [0.5, 0.6) is 0 Å². The first-order chi connectivity index (χ1) is 8.91. The number of thiophene rings is 1. The Morgan fingerprint density at radius 3 is 2.32 bits per heavy atom. The molecule has 1 aliphatic carbocycles. The minimum absolute atomic E-state index is 0.406. The number of benzene rings is 1. The third-order valence-electron chi connectivity index (χ3n) is 5.62. The van der Waals surface area contributed by atoms with Gasteiger partial charge in [0.15, 0.2) is 0 Å². The van der Waals surface area contributed by atoms with Crippen LogP contribution in [-0.4, -0.2) is 7.05 Å². The SMILES string of the molecule is CNC(c1csc2ccccc12)C1C(C)(C)C1(C)C. The minimum atomic E-state index is 0.406. The molecule has 1 N–H and O–H groups in total. The Kier molecular flexibility index (Phi) is 2.81. The number of fused-ring (bicyclic) bond motifs is 1. The van der Waals surface area contributed by atoms with Crippen LogP contribution < -0.4 is 5.32 Å². The van der Waals surface area contributed by atoms with E-state index < -0.39 is 0 Å². The van der Waals surface area contributed by atoms with Gasteiger partial charge in [0.1, 0.15) is 0 Å². The lowest BCUT2D eigenvalue weighted by Gasteiger charge is -2.18. The molecule has 1 saturated carbocycles. The van der Waals surface area contributed by atoms with E-state index in [1.165, 1.54) is 15.6 Å². The Hall–Kier alpha value is -0.860. The zero-order valence-electron chi connectivity index (χ0n) is 12.4. The minimum Gasteiger partial charge on any atom is -0.313 e. The van der Waals surface area contributed by atoms with Crippen LogP contribution in [-0.2, 0) is 0 Å². The number of nitrogens with one attached hydrogen (secondary N) is 1. The molecule has 2 aromatic rings. The van der Waals surface area contributed by atoms with Crippen LogP contribution in [0.3, 0.4) is 0 Å². The van der Waals surface area contributed by atoms with Crippen molar-refractivity contribution in [3.8, 4) is 0 Å². The average Bonchev–Trinajstić information content (AvgIpc) is 2.69. The standard InChI is InChI=1S/C17H23NS/c1-16(2)15(17(16,3)4)14(18-5)12-10-19-13-9-7-6-8-11(12)13/h6-10,14-15,18H,1-5H3. The fourth-order valence-corrected chi connectivity index (χ4v) is 4.82. The van der Waals surface area contributed by atoms with Gasteiger partial charge in [0.05, 0.1) is 0 Å². The highest BCUT2D eigenvalue weighted by Crippen LogP contribution is 2.72. The molecule has 1 atom stereocenters. The van der Waals surface area contributed by atoms with Crippen LogP contribution in [0.2, 0.25) is 0 Å². The van der Waals surface area contributed by atoms with Crippen molar-refractivity contribution in [3.05, 3.63) is 35.2 Å². The van der Waals surface area contributed by atoms with Gasteiger partial charge in [0.2, 0.25) is 0 Å². The summed E-state index contributed by atoms with van der Waals surface area (Å²) in [4.78, 5) is 0. The Labute approximate surface area is 120 Å². The van der Waals surface area contributed by atoms with Crippen LogP contribution in [0.25, 0.3) is 10.1 Å². The molecular formula is C17H23NS. The molecule has 102 valence electrons. The Morgan fingerprint density at radius 2 is 1.74 bits per heavy atom. The van der Waals surface area contributed by atoms with Gasteiger partial charge in [-0.15, -0.1) is 11.3 Å². The molecule has 19 heavy (non-hydrogen) atoms. The summed E-state index contributed by atoms with van der Waals surface area (Å²) in [6.45, 7) is 9.60. The quantitative estimate of drug-likeness (QED) is 0.843. The fraction of sp³-hybridized carbons (Fsp3) is 0.529. The predicted molar refractivity (Wildman–Crippen MR) is 84.7 cm³/mol. The summed E-state index contributed by atoms with van der Waals surface area (Å²) in [6.07, 6.45) is 0. The van der Waals surface area contributed by atoms with Gasteiger partial charge >= 0.3 is 0 Å². The van der Waals surface area contributed by atoms with Crippen molar-refractivity contribution in [1.82, 2.24) is 5.32 Å². The lowest BCUT2D eigenvalue weighted by Crippen LogP contribution is -2.21. The second-order valence-corrected chi connectivity index (χ2v) is 7.79. The third-order valence-corrected chi connectivity index (χ3v) is 6.60. The molecule has 1 fully saturated rings. The predicted octanol–water partition coefficient (Wildman–Crippen LogP) is 4.84. The molecule has 0 saturated heterocycles. The molecule has 1 heterocycles. The maximum Gasteiger partial charge on any atom is 0.0371 e. The highest BCUT2D eigenvalue weighted by atomic mass is 32.1.